The molecule has 0 radical (unpaired) electrons. The fourth-order valence-electron chi connectivity index (χ4n) is 6.93. The van der Waals surface area contributed by atoms with Crippen LogP contribution in [0.25, 0.3) is 0 Å². The van der Waals surface area contributed by atoms with Crippen molar-refractivity contribution < 1.29 is 81.3 Å². The Labute approximate surface area is 366 Å². The Hall–Kier alpha value is -6.99. The van der Waals surface area contributed by atoms with Crippen LogP contribution >= 0.6 is 0 Å². The molecule has 6 rings (SSSR count). The SMILES string of the molecule is CC(=O)N[C@@H]1[C@@H](OC(=O)c2ccccc2)[C@H](O[C@H]2O[C@H](COC(C)=O)[C@@H](OC(C)=O)[C@H](OC(=O)c3ccccc3)[C@@H]2OC(=O)c2ccccc2)[C@@H](COC(=O)c2ccccc2)O[C@@H]1O. The normalized spacial score (nSPS) is 25.1. The largest absolute Gasteiger partial charge is 0.463 e. The molecule has 2 N–H and O–H groups in total. The molecule has 0 aliphatic carbocycles. The number of nitrogens with one attached hydrogen (secondary N) is 1. The van der Waals surface area contributed by atoms with Gasteiger partial charge in [-0.25, -0.2) is 19.2 Å². The van der Waals surface area contributed by atoms with Gasteiger partial charge in [0.1, 0.15) is 37.6 Å². The van der Waals surface area contributed by atoms with E-state index in [2.05, 4.69) is 5.32 Å². The van der Waals surface area contributed by atoms with Gasteiger partial charge in [0.05, 0.1) is 22.3 Å². The summed E-state index contributed by atoms with van der Waals surface area (Å²) in [6.07, 6.45) is -15.7. The Balaban J connectivity index is 1.48. The van der Waals surface area contributed by atoms with Gasteiger partial charge in [-0.05, 0) is 48.5 Å². The van der Waals surface area contributed by atoms with Crippen LogP contribution in [0.3, 0.4) is 0 Å². The van der Waals surface area contributed by atoms with E-state index in [-0.39, 0.29) is 22.3 Å². The predicted molar refractivity (Wildman–Crippen MR) is 218 cm³/mol. The summed E-state index contributed by atoms with van der Waals surface area (Å²) in [6, 6.07) is 29.3. The van der Waals surface area contributed by atoms with Crippen molar-refractivity contribution in [2.45, 2.75) is 82.1 Å². The Bertz CT molecular complexity index is 2240. The van der Waals surface area contributed by atoms with Gasteiger partial charge in [0.15, 0.2) is 37.0 Å². The Morgan fingerprint density at radius 2 is 0.906 bits per heavy atom. The molecule has 0 spiro atoms. The number of rotatable bonds is 15. The zero-order valence-electron chi connectivity index (χ0n) is 34.7. The molecule has 0 unspecified atom stereocenters. The number of aliphatic hydroxyl groups excluding tert-OH is 1. The molecule has 18 heteroatoms. The molecule has 2 fully saturated rings. The Kier molecular flexibility index (Phi) is 15.9. The van der Waals surface area contributed by atoms with E-state index in [1.807, 2.05) is 0 Å². The lowest BCUT2D eigenvalue weighted by atomic mass is 9.94. The summed E-state index contributed by atoms with van der Waals surface area (Å²) in [5.74, 6) is -6.09. The number of carbonyl (C=O) groups is 7. The van der Waals surface area contributed by atoms with Crippen LogP contribution in [0.15, 0.2) is 121 Å². The molecule has 2 aliphatic rings. The molecule has 1 amide bonds. The molecule has 2 heterocycles. The summed E-state index contributed by atoms with van der Waals surface area (Å²) in [4.78, 5) is 92.4. The molecular formula is C46H45NO17. The average Bonchev–Trinajstić information content (AvgIpc) is 3.29. The van der Waals surface area contributed by atoms with Crippen molar-refractivity contribution in [3.63, 3.8) is 0 Å². The van der Waals surface area contributed by atoms with Crippen LogP contribution in [0, 0.1) is 0 Å². The first kappa shape index (κ1) is 46.5. The summed E-state index contributed by atoms with van der Waals surface area (Å²) >= 11 is 0. The third kappa shape index (κ3) is 12.1. The van der Waals surface area contributed by atoms with Crippen molar-refractivity contribution in [2.24, 2.45) is 0 Å². The molecule has 0 aromatic heterocycles. The maximum Gasteiger partial charge on any atom is 0.338 e. The van der Waals surface area contributed by atoms with E-state index in [4.69, 9.17) is 42.6 Å². The van der Waals surface area contributed by atoms with Crippen LogP contribution in [0.5, 0.6) is 0 Å². The molecule has 10 atom stereocenters. The molecular weight excluding hydrogens is 838 g/mol. The number of aliphatic hydroxyl groups is 1. The summed E-state index contributed by atoms with van der Waals surface area (Å²) in [5.41, 5.74) is 0.267. The van der Waals surface area contributed by atoms with Crippen LogP contribution in [-0.2, 0) is 57.0 Å². The monoisotopic (exact) mass is 883 g/mol. The van der Waals surface area contributed by atoms with Gasteiger partial charge in [-0.3, -0.25) is 14.4 Å². The number of esters is 6. The quantitative estimate of drug-likeness (QED) is 0.129. The summed E-state index contributed by atoms with van der Waals surface area (Å²) in [7, 11) is 0. The van der Waals surface area contributed by atoms with Gasteiger partial charge < -0.3 is 53.1 Å². The lowest BCUT2D eigenvalue weighted by Crippen LogP contribution is -2.69. The van der Waals surface area contributed by atoms with Crippen molar-refractivity contribution >= 4 is 41.7 Å². The van der Waals surface area contributed by atoms with Crippen molar-refractivity contribution in [2.75, 3.05) is 13.2 Å². The summed E-state index contributed by atoms with van der Waals surface area (Å²) in [6.45, 7) is 1.99. The average molecular weight is 884 g/mol. The maximum atomic E-state index is 14.0. The van der Waals surface area contributed by atoms with Crippen LogP contribution in [0.4, 0.5) is 0 Å². The van der Waals surface area contributed by atoms with Gasteiger partial charge in [-0.1, -0.05) is 72.8 Å². The molecule has 0 saturated carbocycles. The van der Waals surface area contributed by atoms with E-state index in [0.717, 1.165) is 20.8 Å². The highest BCUT2D eigenvalue weighted by Gasteiger charge is 2.57. The first-order chi connectivity index (χ1) is 30.8. The number of amides is 1. The van der Waals surface area contributed by atoms with Crippen molar-refractivity contribution in [1.29, 1.82) is 0 Å². The molecule has 336 valence electrons. The molecule has 2 aliphatic heterocycles. The number of ether oxygens (including phenoxy) is 9. The second-order valence-corrected chi connectivity index (χ2v) is 14.5. The zero-order valence-corrected chi connectivity index (χ0v) is 34.7. The number of hydrogen-bond acceptors (Lipinski definition) is 17. The minimum Gasteiger partial charge on any atom is -0.463 e. The summed E-state index contributed by atoms with van der Waals surface area (Å²) < 4.78 is 53.5. The van der Waals surface area contributed by atoms with E-state index in [9.17, 15) is 38.7 Å². The third-order valence-electron chi connectivity index (χ3n) is 9.82. The maximum absolute atomic E-state index is 14.0. The molecule has 0 bridgehead atoms. The van der Waals surface area contributed by atoms with Gasteiger partial charge in [-0.2, -0.15) is 0 Å². The highest BCUT2D eigenvalue weighted by molar-refractivity contribution is 5.91. The topological polar surface area (TPSA) is 235 Å². The predicted octanol–water partition coefficient (Wildman–Crippen LogP) is 3.35. The van der Waals surface area contributed by atoms with Crippen LogP contribution < -0.4 is 5.32 Å². The lowest BCUT2D eigenvalue weighted by molar-refractivity contribution is -0.343. The molecule has 4 aromatic carbocycles. The standard InChI is InChI=1S/C46H45NO17/c1-26(48)47-35-38(61-42(52)30-18-10-5-11-19-30)36(33(59-45(35)55)25-57-41(51)29-16-8-4-9-17-29)64-46-40(63-44(54)32-22-14-7-15-23-32)39(62-43(53)31-20-12-6-13-21-31)37(58-28(3)50)34(60-46)24-56-27(2)49/h4-23,33-40,45-46,55H,24-25H2,1-3H3,(H,47,48)/t33-,34-,35-,36-,37-,38-,39+,40+,45+,46-/m1/s1. The van der Waals surface area contributed by atoms with Gasteiger partial charge >= 0.3 is 35.8 Å². The first-order valence-corrected chi connectivity index (χ1v) is 20.0. The second-order valence-electron chi connectivity index (χ2n) is 14.5. The molecule has 2 saturated heterocycles. The fraction of sp³-hybridized carbons (Fsp3) is 0.326. The van der Waals surface area contributed by atoms with E-state index >= 15 is 0 Å². The molecule has 18 nitrogen and oxygen atoms in total. The van der Waals surface area contributed by atoms with E-state index < -0.39 is 116 Å². The van der Waals surface area contributed by atoms with Gasteiger partial charge in [0.2, 0.25) is 5.91 Å². The minimum atomic E-state index is -1.94. The van der Waals surface area contributed by atoms with Crippen LogP contribution in [0.2, 0.25) is 0 Å². The van der Waals surface area contributed by atoms with Gasteiger partial charge in [-0.15, -0.1) is 0 Å². The molecule has 4 aromatic rings. The minimum absolute atomic E-state index is 0.0238. The van der Waals surface area contributed by atoms with Crippen LogP contribution in [-0.4, -0.2) is 121 Å². The second kappa shape index (κ2) is 21.9. The number of hydrogen-bond donors (Lipinski definition) is 2. The highest BCUT2D eigenvalue weighted by Crippen LogP contribution is 2.35. The van der Waals surface area contributed by atoms with Gasteiger partial charge in [0, 0.05) is 20.8 Å². The van der Waals surface area contributed by atoms with E-state index in [1.165, 1.54) is 48.5 Å². The lowest BCUT2D eigenvalue weighted by Gasteiger charge is -2.48. The first-order valence-electron chi connectivity index (χ1n) is 20.0. The highest BCUT2D eigenvalue weighted by atomic mass is 16.8. The van der Waals surface area contributed by atoms with E-state index in [0.29, 0.717) is 0 Å². The van der Waals surface area contributed by atoms with Crippen LogP contribution in [0.1, 0.15) is 62.2 Å². The van der Waals surface area contributed by atoms with Crippen molar-refractivity contribution in [3.05, 3.63) is 144 Å². The van der Waals surface area contributed by atoms with Crippen molar-refractivity contribution in [3.8, 4) is 0 Å². The zero-order chi connectivity index (χ0) is 45.8. The molecule has 64 heavy (non-hydrogen) atoms. The van der Waals surface area contributed by atoms with Crippen molar-refractivity contribution in [1.82, 2.24) is 5.32 Å². The fourth-order valence-corrected chi connectivity index (χ4v) is 6.93. The third-order valence-corrected chi connectivity index (χ3v) is 9.82. The smallest absolute Gasteiger partial charge is 0.338 e. The number of benzene rings is 4. The van der Waals surface area contributed by atoms with Gasteiger partial charge in [0.25, 0.3) is 0 Å². The van der Waals surface area contributed by atoms with E-state index in [1.54, 1.807) is 72.8 Å². The Morgan fingerprint density at radius 3 is 1.36 bits per heavy atom. The Morgan fingerprint density at radius 1 is 0.484 bits per heavy atom. The number of carbonyl (C=O) groups excluding carboxylic acids is 7. The summed E-state index contributed by atoms with van der Waals surface area (Å²) in [5, 5.41) is 13.9.